The molecule has 138 valence electrons. The first-order valence-corrected chi connectivity index (χ1v) is 9.48. The molecule has 27 heavy (non-hydrogen) atoms. The van der Waals surface area contributed by atoms with E-state index in [-0.39, 0.29) is 5.91 Å². The first-order valence-electron chi connectivity index (χ1n) is 9.48. The molecular formula is C24H26N2O. The second kappa shape index (κ2) is 9.15. The van der Waals surface area contributed by atoms with Crippen molar-refractivity contribution < 1.29 is 4.79 Å². The first-order chi connectivity index (χ1) is 13.2. The summed E-state index contributed by atoms with van der Waals surface area (Å²) in [7, 11) is 0. The number of carbonyl (C=O) groups is 1. The highest BCUT2D eigenvalue weighted by atomic mass is 16.1. The molecule has 0 radical (unpaired) electrons. The van der Waals surface area contributed by atoms with Crippen LogP contribution in [0.5, 0.6) is 0 Å². The van der Waals surface area contributed by atoms with Crippen LogP contribution in [0.15, 0.2) is 78.9 Å². The minimum absolute atomic E-state index is 0.0885. The van der Waals surface area contributed by atoms with E-state index in [0.717, 1.165) is 36.4 Å². The molecule has 0 atom stereocenters. The number of hydrogen-bond acceptors (Lipinski definition) is 2. The Balaban J connectivity index is 1.81. The molecule has 0 spiro atoms. The van der Waals surface area contributed by atoms with E-state index in [0.29, 0.717) is 5.56 Å². The first kappa shape index (κ1) is 18.9. The predicted molar refractivity (Wildman–Crippen MR) is 113 cm³/mol. The number of anilines is 1. The molecule has 0 saturated heterocycles. The van der Waals surface area contributed by atoms with Gasteiger partial charge in [0.1, 0.15) is 0 Å². The molecule has 0 bridgehead atoms. The third-order valence-corrected chi connectivity index (χ3v) is 4.74. The summed E-state index contributed by atoms with van der Waals surface area (Å²) in [4.78, 5) is 15.3. The maximum atomic E-state index is 12.9. The lowest BCUT2D eigenvalue weighted by molar-refractivity contribution is 0.102. The Hall–Kier alpha value is -2.91. The van der Waals surface area contributed by atoms with Gasteiger partial charge in [0, 0.05) is 17.8 Å². The van der Waals surface area contributed by atoms with Crippen molar-refractivity contribution in [3.63, 3.8) is 0 Å². The van der Waals surface area contributed by atoms with E-state index in [1.165, 1.54) is 5.56 Å². The molecule has 0 fully saturated rings. The maximum absolute atomic E-state index is 12.9. The lowest BCUT2D eigenvalue weighted by Crippen LogP contribution is -2.22. The van der Waals surface area contributed by atoms with Gasteiger partial charge in [0.05, 0.1) is 0 Å². The number of rotatable bonds is 7. The zero-order valence-corrected chi connectivity index (χ0v) is 16.0. The van der Waals surface area contributed by atoms with Gasteiger partial charge in [0.15, 0.2) is 0 Å². The Morgan fingerprint density at radius 1 is 0.852 bits per heavy atom. The highest BCUT2D eigenvalue weighted by molar-refractivity contribution is 6.08. The Bertz CT molecular complexity index is 886. The summed E-state index contributed by atoms with van der Waals surface area (Å²) in [5, 5.41) is 3.06. The SMILES string of the molecule is CCN(CC)Cc1cccc(NC(=O)c2ccccc2-c2ccccc2)c1. The quantitative estimate of drug-likeness (QED) is 0.609. The average molecular weight is 358 g/mol. The zero-order valence-electron chi connectivity index (χ0n) is 16.0. The van der Waals surface area contributed by atoms with Crippen molar-refractivity contribution in [1.29, 1.82) is 0 Å². The highest BCUT2D eigenvalue weighted by Crippen LogP contribution is 2.24. The van der Waals surface area contributed by atoms with Gasteiger partial charge >= 0.3 is 0 Å². The Kier molecular flexibility index (Phi) is 6.39. The number of benzene rings is 3. The molecule has 3 rings (SSSR count). The van der Waals surface area contributed by atoms with Gasteiger partial charge in [-0.15, -0.1) is 0 Å². The van der Waals surface area contributed by atoms with Gasteiger partial charge in [-0.3, -0.25) is 9.69 Å². The van der Waals surface area contributed by atoms with Crippen LogP contribution < -0.4 is 5.32 Å². The fourth-order valence-corrected chi connectivity index (χ4v) is 3.20. The summed E-state index contributed by atoms with van der Waals surface area (Å²) < 4.78 is 0. The van der Waals surface area contributed by atoms with Crippen molar-refractivity contribution in [1.82, 2.24) is 4.90 Å². The molecule has 1 amide bonds. The van der Waals surface area contributed by atoms with Crippen LogP contribution in [0.4, 0.5) is 5.69 Å². The number of nitrogens with one attached hydrogen (secondary N) is 1. The third-order valence-electron chi connectivity index (χ3n) is 4.74. The molecule has 3 nitrogen and oxygen atoms in total. The van der Waals surface area contributed by atoms with Crippen LogP contribution in [0, 0.1) is 0 Å². The topological polar surface area (TPSA) is 32.3 Å². The van der Waals surface area contributed by atoms with E-state index in [2.05, 4.69) is 36.2 Å². The van der Waals surface area contributed by atoms with Crippen LogP contribution >= 0.6 is 0 Å². The van der Waals surface area contributed by atoms with E-state index in [1.54, 1.807) is 0 Å². The summed E-state index contributed by atoms with van der Waals surface area (Å²) in [5.74, 6) is -0.0885. The van der Waals surface area contributed by atoms with E-state index >= 15 is 0 Å². The van der Waals surface area contributed by atoms with Gasteiger partial charge in [-0.2, -0.15) is 0 Å². The Morgan fingerprint density at radius 2 is 1.56 bits per heavy atom. The molecule has 3 heteroatoms. The lowest BCUT2D eigenvalue weighted by Gasteiger charge is -2.18. The molecule has 0 aliphatic heterocycles. The fourth-order valence-electron chi connectivity index (χ4n) is 3.20. The summed E-state index contributed by atoms with van der Waals surface area (Å²) in [6.07, 6.45) is 0. The van der Waals surface area contributed by atoms with Crippen LogP contribution in [0.1, 0.15) is 29.8 Å². The molecule has 3 aromatic carbocycles. The van der Waals surface area contributed by atoms with Crippen LogP contribution in [0.3, 0.4) is 0 Å². The average Bonchev–Trinajstić information content (AvgIpc) is 2.73. The Labute approximate surface area is 161 Å². The summed E-state index contributed by atoms with van der Waals surface area (Å²) in [6.45, 7) is 7.23. The van der Waals surface area contributed by atoms with E-state index < -0.39 is 0 Å². The monoisotopic (exact) mass is 358 g/mol. The fraction of sp³-hybridized carbons (Fsp3) is 0.208. The van der Waals surface area contributed by atoms with Crippen LogP contribution in [-0.2, 0) is 6.54 Å². The third kappa shape index (κ3) is 4.83. The van der Waals surface area contributed by atoms with Gasteiger partial charge < -0.3 is 5.32 Å². The van der Waals surface area contributed by atoms with Crippen LogP contribution in [-0.4, -0.2) is 23.9 Å². The van der Waals surface area contributed by atoms with Crippen molar-refractivity contribution >= 4 is 11.6 Å². The molecule has 0 unspecified atom stereocenters. The van der Waals surface area contributed by atoms with Crippen LogP contribution in [0.2, 0.25) is 0 Å². The van der Waals surface area contributed by atoms with Crippen molar-refractivity contribution in [2.75, 3.05) is 18.4 Å². The molecule has 0 saturated carbocycles. The maximum Gasteiger partial charge on any atom is 0.256 e. The van der Waals surface area contributed by atoms with E-state index in [9.17, 15) is 4.79 Å². The van der Waals surface area contributed by atoms with Crippen molar-refractivity contribution in [3.8, 4) is 11.1 Å². The second-order valence-corrected chi connectivity index (χ2v) is 6.53. The lowest BCUT2D eigenvalue weighted by atomic mass is 9.99. The molecule has 1 N–H and O–H groups in total. The molecule has 0 heterocycles. The molecule has 3 aromatic rings. The van der Waals surface area contributed by atoms with E-state index in [1.807, 2.05) is 66.7 Å². The number of carbonyl (C=O) groups excluding carboxylic acids is 1. The molecule has 0 aliphatic rings. The van der Waals surface area contributed by atoms with Crippen molar-refractivity contribution in [2.45, 2.75) is 20.4 Å². The van der Waals surface area contributed by atoms with Gasteiger partial charge in [0.2, 0.25) is 0 Å². The van der Waals surface area contributed by atoms with Gasteiger partial charge in [-0.05, 0) is 48.0 Å². The predicted octanol–water partition coefficient (Wildman–Crippen LogP) is 5.45. The van der Waals surface area contributed by atoms with Gasteiger partial charge in [-0.1, -0.05) is 74.5 Å². The highest BCUT2D eigenvalue weighted by Gasteiger charge is 2.13. The van der Waals surface area contributed by atoms with Crippen molar-refractivity contribution in [3.05, 3.63) is 90.0 Å². The van der Waals surface area contributed by atoms with Crippen LogP contribution in [0.25, 0.3) is 11.1 Å². The van der Waals surface area contributed by atoms with Crippen molar-refractivity contribution in [2.24, 2.45) is 0 Å². The smallest absolute Gasteiger partial charge is 0.256 e. The molecule has 0 aliphatic carbocycles. The molecular weight excluding hydrogens is 332 g/mol. The van der Waals surface area contributed by atoms with Gasteiger partial charge in [-0.25, -0.2) is 0 Å². The standard InChI is InChI=1S/C24H26N2O/c1-3-26(4-2)18-19-11-10-14-21(17-19)25-24(27)23-16-9-8-15-22(23)20-12-6-5-7-13-20/h5-17H,3-4,18H2,1-2H3,(H,25,27). The Morgan fingerprint density at radius 3 is 2.30 bits per heavy atom. The minimum Gasteiger partial charge on any atom is -0.322 e. The minimum atomic E-state index is -0.0885. The van der Waals surface area contributed by atoms with Gasteiger partial charge in [0.25, 0.3) is 5.91 Å². The molecule has 0 aromatic heterocycles. The number of amides is 1. The summed E-state index contributed by atoms with van der Waals surface area (Å²) >= 11 is 0. The number of hydrogen-bond donors (Lipinski definition) is 1. The summed E-state index contributed by atoms with van der Waals surface area (Å²) in [5.41, 5.74) is 4.69. The largest absolute Gasteiger partial charge is 0.322 e. The second-order valence-electron chi connectivity index (χ2n) is 6.53. The normalized spacial score (nSPS) is 10.8. The number of nitrogens with zero attached hydrogens (tertiary/aromatic N) is 1. The summed E-state index contributed by atoms with van der Waals surface area (Å²) in [6, 6.07) is 25.8. The van der Waals surface area contributed by atoms with E-state index in [4.69, 9.17) is 0 Å². The zero-order chi connectivity index (χ0) is 19.1.